The summed E-state index contributed by atoms with van der Waals surface area (Å²) in [6, 6.07) is 0. The molecule has 0 spiro atoms. The number of hydrogen-bond donors (Lipinski definition) is 0. The van der Waals surface area contributed by atoms with Gasteiger partial charge in [-0.05, 0) is 12.8 Å². The number of rotatable bonds is 18. The smallest absolute Gasteiger partial charge is 0.0822 e. The molecule has 0 atom stereocenters. The molecule has 0 fully saturated rings. The van der Waals surface area contributed by atoms with E-state index in [0.29, 0.717) is 0 Å². The Morgan fingerprint density at radius 2 is 0.667 bits per heavy atom. The summed E-state index contributed by atoms with van der Waals surface area (Å²) in [4.78, 5) is 10.4. The average molecular weight is 301 g/mol. The maximum Gasteiger partial charge on any atom is 0.0822 e. The van der Waals surface area contributed by atoms with Crippen molar-refractivity contribution in [1.82, 2.24) is 0 Å². The van der Waals surface area contributed by atoms with Gasteiger partial charge in [0.05, 0.1) is 13.2 Å². The highest BCUT2D eigenvalue weighted by atomic mass is 17.2. The Hall–Kier alpha value is -0.0800. The molecule has 0 aliphatic rings. The van der Waals surface area contributed by atoms with Gasteiger partial charge in [0.2, 0.25) is 0 Å². The van der Waals surface area contributed by atoms with E-state index in [1.165, 1.54) is 83.5 Å². The molecule has 128 valence electrons. The van der Waals surface area contributed by atoms with E-state index in [2.05, 4.69) is 13.8 Å². The summed E-state index contributed by atoms with van der Waals surface area (Å²) in [5.41, 5.74) is 0. The fraction of sp³-hybridized carbons (Fsp3) is 1.00. The molecule has 0 aromatic heterocycles. The molecule has 0 radical (unpaired) electrons. The molecule has 0 N–H and O–H groups in total. The van der Waals surface area contributed by atoms with Crippen molar-refractivity contribution in [3.63, 3.8) is 0 Å². The molecule has 0 aliphatic carbocycles. The van der Waals surface area contributed by atoms with Gasteiger partial charge in [-0.3, -0.25) is 0 Å². The van der Waals surface area contributed by atoms with Crippen LogP contribution in [0.25, 0.3) is 0 Å². The van der Waals surface area contributed by atoms with E-state index in [4.69, 9.17) is 9.78 Å². The minimum absolute atomic E-state index is 0.762. The molecule has 0 heterocycles. The Bertz CT molecular complexity index is 153. The maximum absolute atomic E-state index is 5.20. The van der Waals surface area contributed by atoms with Gasteiger partial charge in [0.15, 0.2) is 0 Å². The summed E-state index contributed by atoms with van der Waals surface area (Å²) in [5.74, 6) is 0. The molecule has 0 aromatic rings. The van der Waals surface area contributed by atoms with Crippen LogP contribution in [0.2, 0.25) is 0 Å². The Morgan fingerprint density at radius 3 is 1.05 bits per heavy atom. The van der Waals surface area contributed by atoms with Gasteiger partial charge in [-0.1, -0.05) is 97.3 Å². The number of hydrogen-bond acceptors (Lipinski definition) is 2. The number of unbranched alkanes of at least 4 members (excludes halogenated alkanes) is 13. The van der Waals surface area contributed by atoms with Crippen LogP contribution in [0.1, 0.15) is 110 Å². The van der Waals surface area contributed by atoms with Crippen LogP contribution in [0.5, 0.6) is 0 Å². The third kappa shape index (κ3) is 19.9. The lowest BCUT2D eigenvalue weighted by Crippen LogP contribution is -1.99. The standard InChI is InChI=1S/C19H40O2/c1-3-5-7-9-10-11-12-13-14-15-17-19-21-20-18-16-8-6-4-2/h3-19H2,1-2H3. The zero-order valence-corrected chi connectivity index (χ0v) is 14.8. The summed E-state index contributed by atoms with van der Waals surface area (Å²) in [5, 5.41) is 0. The zero-order valence-electron chi connectivity index (χ0n) is 14.8. The van der Waals surface area contributed by atoms with Crippen LogP contribution in [-0.4, -0.2) is 13.2 Å². The molecule has 0 saturated heterocycles. The topological polar surface area (TPSA) is 18.5 Å². The third-order valence-electron chi connectivity index (χ3n) is 4.00. The summed E-state index contributed by atoms with van der Waals surface area (Å²) in [6.07, 6.45) is 20.1. The largest absolute Gasteiger partial charge is 0.237 e. The van der Waals surface area contributed by atoms with Gasteiger partial charge in [0, 0.05) is 0 Å². The Balaban J connectivity index is 2.90. The van der Waals surface area contributed by atoms with Crippen LogP contribution in [-0.2, 0) is 9.78 Å². The summed E-state index contributed by atoms with van der Waals surface area (Å²) in [6.45, 7) is 6.04. The van der Waals surface area contributed by atoms with Gasteiger partial charge in [-0.15, -0.1) is 0 Å². The van der Waals surface area contributed by atoms with E-state index in [1.807, 2.05) is 0 Å². The van der Waals surface area contributed by atoms with Crippen molar-refractivity contribution in [2.24, 2.45) is 0 Å². The minimum atomic E-state index is 0.762. The Labute approximate surface area is 133 Å². The lowest BCUT2D eigenvalue weighted by molar-refractivity contribution is -0.295. The highest BCUT2D eigenvalue weighted by molar-refractivity contribution is 4.47. The van der Waals surface area contributed by atoms with E-state index in [-0.39, 0.29) is 0 Å². The Kier molecular flexibility index (Phi) is 19.8. The second kappa shape index (κ2) is 19.9. The molecular formula is C19H40O2. The van der Waals surface area contributed by atoms with Crippen molar-refractivity contribution in [1.29, 1.82) is 0 Å². The quantitative estimate of drug-likeness (QED) is 0.157. The molecular weight excluding hydrogens is 260 g/mol. The summed E-state index contributed by atoms with van der Waals surface area (Å²) >= 11 is 0. The lowest BCUT2D eigenvalue weighted by atomic mass is 10.1. The van der Waals surface area contributed by atoms with Crippen LogP contribution < -0.4 is 0 Å². The molecule has 0 saturated carbocycles. The minimum Gasteiger partial charge on any atom is -0.237 e. The van der Waals surface area contributed by atoms with E-state index < -0.39 is 0 Å². The molecule has 21 heavy (non-hydrogen) atoms. The predicted octanol–water partition coefficient (Wildman–Crippen LogP) is 6.83. The van der Waals surface area contributed by atoms with Crippen molar-refractivity contribution in [2.45, 2.75) is 110 Å². The SMILES string of the molecule is CCCCCCCCCCCCCOOCCCCCC. The van der Waals surface area contributed by atoms with Gasteiger partial charge in [0.1, 0.15) is 0 Å². The van der Waals surface area contributed by atoms with Crippen LogP contribution in [0.4, 0.5) is 0 Å². The van der Waals surface area contributed by atoms with Crippen molar-refractivity contribution in [3.05, 3.63) is 0 Å². The van der Waals surface area contributed by atoms with Gasteiger partial charge in [-0.2, -0.15) is 0 Å². The lowest BCUT2D eigenvalue weighted by Gasteiger charge is -2.04. The molecule has 0 aliphatic heterocycles. The molecule has 0 aromatic carbocycles. The van der Waals surface area contributed by atoms with E-state index in [9.17, 15) is 0 Å². The van der Waals surface area contributed by atoms with Crippen LogP contribution in [0, 0.1) is 0 Å². The third-order valence-corrected chi connectivity index (χ3v) is 4.00. The van der Waals surface area contributed by atoms with Crippen molar-refractivity contribution < 1.29 is 9.78 Å². The Morgan fingerprint density at radius 1 is 0.381 bits per heavy atom. The normalized spacial score (nSPS) is 11.1. The van der Waals surface area contributed by atoms with Crippen molar-refractivity contribution >= 4 is 0 Å². The fourth-order valence-electron chi connectivity index (χ4n) is 2.53. The van der Waals surface area contributed by atoms with Crippen LogP contribution in [0.15, 0.2) is 0 Å². The predicted molar refractivity (Wildman–Crippen MR) is 92.5 cm³/mol. The van der Waals surface area contributed by atoms with E-state index in [1.54, 1.807) is 0 Å². The molecule has 0 unspecified atom stereocenters. The first-order valence-electron chi connectivity index (χ1n) is 9.66. The van der Waals surface area contributed by atoms with Gasteiger partial charge in [0.25, 0.3) is 0 Å². The van der Waals surface area contributed by atoms with Gasteiger partial charge < -0.3 is 0 Å². The van der Waals surface area contributed by atoms with Crippen LogP contribution in [0.3, 0.4) is 0 Å². The zero-order chi connectivity index (χ0) is 15.4. The van der Waals surface area contributed by atoms with Crippen molar-refractivity contribution in [3.8, 4) is 0 Å². The molecule has 2 heteroatoms. The van der Waals surface area contributed by atoms with Crippen molar-refractivity contribution in [2.75, 3.05) is 13.2 Å². The molecule has 0 rings (SSSR count). The van der Waals surface area contributed by atoms with E-state index >= 15 is 0 Å². The molecule has 0 amide bonds. The second-order valence-electron chi connectivity index (χ2n) is 6.24. The summed E-state index contributed by atoms with van der Waals surface area (Å²) in [7, 11) is 0. The average Bonchev–Trinajstić information content (AvgIpc) is 2.50. The second-order valence-corrected chi connectivity index (χ2v) is 6.24. The fourth-order valence-corrected chi connectivity index (χ4v) is 2.53. The highest BCUT2D eigenvalue weighted by Gasteiger charge is 1.94. The summed E-state index contributed by atoms with van der Waals surface area (Å²) < 4.78 is 0. The first-order chi connectivity index (χ1) is 10.4. The van der Waals surface area contributed by atoms with Gasteiger partial charge >= 0.3 is 0 Å². The van der Waals surface area contributed by atoms with Gasteiger partial charge in [-0.25, -0.2) is 9.78 Å². The monoisotopic (exact) mass is 300 g/mol. The highest BCUT2D eigenvalue weighted by Crippen LogP contribution is 2.11. The van der Waals surface area contributed by atoms with Crippen LogP contribution >= 0.6 is 0 Å². The first kappa shape index (κ1) is 20.9. The first-order valence-corrected chi connectivity index (χ1v) is 9.66. The molecule has 2 nitrogen and oxygen atoms in total. The van der Waals surface area contributed by atoms with E-state index in [0.717, 1.165) is 26.1 Å². The maximum atomic E-state index is 5.20. The molecule has 0 bridgehead atoms.